The Hall–Kier alpha value is -2.34. The molecule has 0 N–H and O–H groups in total. The summed E-state index contributed by atoms with van der Waals surface area (Å²) in [5.74, 6) is 0. The molecule has 2 aromatic heterocycles. The van der Waals surface area contributed by atoms with Crippen LogP contribution in [0.1, 0.15) is 18.9 Å². The van der Waals surface area contributed by atoms with Crippen molar-refractivity contribution in [3.05, 3.63) is 59.3 Å². The molecule has 4 rings (SSSR count). The molecule has 1 aliphatic rings. The fourth-order valence-corrected chi connectivity index (χ4v) is 3.39. The first kappa shape index (κ1) is 14.3. The quantitative estimate of drug-likeness (QED) is 0.740. The van der Waals surface area contributed by atoms with Crippen molar-refractivity contribution in [3.8, 4) is 11.3 Å². The summed E-state index contributed by atoms with van der Waals surface area (Å²) in [6, 6.07) is 10.4. The van der Waals surface area contributed by atoms with Gasteiger partial charge >= 0.3 is 0 Å². The molecule has 5 nitrogen and oxygen atoms in total. The molecule has 6 heteroatoms. The Kier molecular flexibility index (Phi) is 3.53. The van der Waals surface area contributed by atoms with Crippen molar-refractivity contribution in [1.82, 2.24) is 19.1 Å². The molecule has 116 valence electrons. The van der Waals surface area contributed by atoms with E-state index in [0.29, 0.717) is 11.1 Å². The van der Waals surface area contributed by atoms with Gasteiger partial charge in [0.15, 0.2) is 10.2 Å². The fourth-order valence-electron chi connectivity index (χ4n) is 2.57. The lowest BCUT2D eigenvalue weighted by molar-refractivity contribution is 0.673. The predicted octanol–water partition coefficient (Wildman–Crippen LogP) is 3.13. The molecule has 1 aromatic carbocycles. The minimum absolute atomic E-state index is 0.0238. The van der Waals surface area contributed by atoms with Gasteiger partial charge in [0.1, 0.15) is 0 Å². The standard InChI is InChI=1S/C17H16N4OS/c1-20-14(12-5-3-2-4-6-12)11-19-17(20)23-15-16(22)21(10-9-18-15)13-7-8-13/h2-6,9-11,13H,7-8H2,1H3. The minimum atomic E-state index is -0.0238. The first-order chi connectivity index (χ1) is 11.2. The van der Waals surface area contributed by atoms with Gasteiger partial charge in [-0.25, -0.2) is 9.97 Å². The maximum atomic E-state index is 12.5. The van der Waals surface area contributed by atoms with Crippen molar-refractivity contribution in [2.75, 3.05) is 0 Å². The Morgan fingerprint density at radius 1 is 1.17 bits per heavy atom. The van der Waals surface area contributed by atoms with Gasteiger partial charge in [-0.1, -0.05) is 30.3 Å². The highest BCUT2D eigenvalue weighted by molar-refractivity contribution is 7.99. The van der Waals surface area contributed by atoms with Gasteiger partial charge in [-0.15, -0.1) is 0 Å². The Morgan fingerprint density at radius 2 is 1.96 bits per heavy atom. The zero-order valence-electron chi connectivity index (χ0n) is 12.7. The van der Waals surface area contributed by atoms with Gasteiger partial charge in [-0.3, -0.25) is 4.79 Å². The predicted molar refractivity (Wildman–Crippen MR) is 89.5 cm³/mol. The highest BCUT2D eigenvalue weighted by Crippen LogP contribution is 2.34. The molecule has 0 amide bonds. The lowest BCUT2D eigenvalue weighted by Crippen LogP contribution is -2.21. The van der Waals surface area contributed by atoms with E-state index in [4.69, 9.17) is 0 Å². The van der Waals surface area contributed by atoms with Crippen molar-refractivity contribution in [2.24, 2.45) is 7.05 Å². The molecule has 0 atom stereocenters. The van der Waals surface area contributed by atoms with E-state index in [2.05, 4.69) is 9.97 Å². The number of imidazole rings is 1. The van der Waals surface area contributed by atoms with Crippen molar-refractivity contribution < 1.29 is 0 Å². The van der Waals surface area contributed by atoms with E-state index in [1.54, 1.807) is 17.0 Å². The van der Waals surface area contributed by atoms with Gasteiger partial charge in [0.2, 0.25) is 0 Å². The maximum Gasteiger partial charge on any atom is 0.283 e. The zero-order chi connectivity index (χ0) is 15.8. The van der Waals surface area contributed by atoms with Crippen molar-refractivity contribution in [2.45, 2.75) is 29.1 Å². The largest absolute Gasteiger partial charge is 0.322 e. The Labute approximate surface area is 138 Å². The van der Waals surface area contributed by atoms with E-state index < -0.39 is 0 Å². The zero-order valence-corrected chi connectivity index (χ0v) is 13.5. The maximum absolute atomic E-state index is 12.5. The normalized spacial score (nSPS) is 14.1. The summed E-state index contributed by atoms with van der Waals surface area (Å²) in [7, 11) is 1.96. The van der Waals surface area contributed by atoms with Crippen LogP contribution in [0.4, 0.5) is 0 Å². The molecule has 1 saturated carbocycles. The van der Waals surface area contributed by atoms with Crippen molar-refractivity contribution in [1.29, 1.82) is 0 Å². The number of rotatable bonds is 4. The average molecular weight is 324 g/mol. The van der Waals surface area contributed by atoms with Crippen molar-refractivity contribution in [3.63, 3.8) is 0 Å². The van der Waals surface area contributed by atoms with Gasteiger partial charge in [-0.2, -0.15) is 0 Å². The van der Waals surface area contributed by atoms with Gasteiger partial charge in [0.05, 0.1) is 11.9 Å². The first-order valence-corrected chi connectivity index (χ1v) is 8.38. The van der Waals surface area contributed by atoms with Crippen LogP contribution in [0.25, 0.3) is 11.3 Å². The summed E-state index contributed by atoms with van der Waals surface area (Å²) in [6.07, 6.45) is 7.46. The monoisotopic (exact) mass is 324 g/mol. The lowest BCUT2D eigenvalue weighted by atomic mass is 10.2. The van der Waals surface area contributed by atoms with Gasteiger partial charge in [0, 0.05) is 25.5 Å². The summed E-state index contributed by atoms with van der Waals surface area (Å²) in [5.41, 5.74) is 2.10. The SMILES string of the molecule is Cn1c(-c2ccccc2)cnc1Sc1nccn(C2CC2)c1=O. The molecule has 23 heavy (non-hydrogen) atoms. The summed E-state index contributed by atoms with van der Waals surface area (Å²) >= 11 is 1.32. The van der Waals surface area contributed by atoms with Gasteiger partial charge in [-0.05, 0) is 30.2 Å². The van der Waals surface area contributed by atoms with Crippen LogP contribution in [-0.4, -0.2) is 19.1 Å². The molecule has 1 fully saturated rings. The second-order valence-corrected chi connectivity index (χ2v) is 6.59. The first-order valence-electron chi connectivity index (χ1n) is 7.56. The highest BCUT2D eigenvalue weighted by atomic mass is 32.2. The van der Waals surface area contributed by atoms with Crippen LogP contribution in [0.5, 0.6) is 0 Å². The third kappa shape index (κ3) is 2.70. The molecule has 0 radical (unpaired) electrons. The van der Waals surface area contributed by atoms with Crippen LogP contribution in [0.2, 0.25) is 0 Å². The van der Waals surface area contributed by atoms with Gasteiger partial charge in [0.25, 0.3) is 5.56 Å². The molecule has 0 unspecified atom stereocenters. The number of aromatic nitrogens is 4. The number of benzene rings is 1. The second-order valence-electron chi connectivity index (χ2n) is 5.63. The van der Waals surface area contributed by atoms with Crippen LogP contribution in [-0.2, 0) is 7.05 Å². The van der Waals surface area contributed by atoms with Crippen LogP contribution in [0.15, 0.2) is 63.9 Å². The van der Waals surface area contributed by atoms with E-state index in [-0.39, 0.29) is 5.56 Å². The van der Waals surface area contributed by atoms with E-state index in [1.165, 1.54) is 11.8 Å². The topological polar surface area (TPSA) is 52.7 Å². The molecule has 0 saturated heterocycles. The Bertz CT molecular complexity index is 896. The van der Waals surface area contributed by atoms with Crippen LogP contribution >= 0.6 is 11.8 Å². The molecule has 0 aliphatic heterocycles. The lowest BCUT2D eigenvalue weighted by Gasteiger charge is -2.07. The molecular formula is C17H16N4OS. The molecule has 3 aromatic rings. The Balaban J connectivity index is 1.67. The highest BCUT2D eigenvalue weighted by Gasteiger charge is 2.25. The second kappa shape index (κ2) is 5.70. The Morgan fingerprint density at radius 3 is 2.70 bits per heavy atom. The molecular weight excluding hydrogens is 308 g/mol. The average Bonchev–Trinajstić information content (AvgIpc) is 3.35. The smallest absolute Gasteiger partial charge is 0.283 e. The fraction of sp³-hybridized carbons (Fsp3) is 0.235. The molecule has 0 bridgehead atoms. The third-order valence-electron chi connectivity index (χ3n) is 3.98. The molecule has 2 heterocycles. The summed E-state index contributed by atoms with van der Waals surface area (Å²) in [6.45, 7) is 0. The summed E-state index contributed by atoms with van der Waals surface area (Å²) in [5, 5.41) is 1.25. The molecule has 1 aliphatic carbocycles. The van der Waals surface area contributed by atoms with E-state index in [0.717, 1.165) is 29.3 Å². The number of hydrogen-bond acceptors (Lipinski definition) is 4. The summed E-state index contributed by atoms with van der Waals surface area (Å²) < 4.78 is 3.78. The van der Waals surface area contributed by atoms with E-state index in [9.17, 15) is 4.79 Å². The van der Waals surface area contributed by atoms with Crippen molar-refractivity contribution >= 4 is 11.8 Å². The van der Waals surface area contributed by atoms with Crippen LogP contribution < -0.4 is 5.56 Å². The van der Waals surface area contributed by atoms with E-state index >= 15 is 0 Å². The number of nitrogens with zero attached hydrogens (tertiary/aromatic N) is 4. The van der Waals surface area contributed by atoms with Gasteiger partial charge < -0.3 is 9.13 Å². The van der Waals surface area contributed by atoms with Crippen LogP contribution in [0, 0.1) is 0 Å². The number of hydrogen-bond donors (Lipinski definition) is 0. The summed E-state index contributed by atoms with van der Waals surface area (Å²) in [4.78, 5) is 21.2. The van der Waals surface area contributed by atoms with E-state index in [1.807, 2.05) is 48.1 Å². The molecule has 0 spiro atoms. The van der Waals surface area contributed by atoms with Crippen LogP contribution in [0.3, 0.4) is 0 Å². The third-order valence-corrected chi connectivity index (χ3v) is 5.02. The minimum Gasteiger partial charge on any atom is -0.322 e.